The van der Waals surface area contributed by atoms with Crippen molar-refractivity contribution in [3.63, 3.8) is 0 Å². The molecule has 0 aliphatic heterocycles. The fourth-order valence-electron chi connectivity index (χ4n) is 0.437. The minimum atomic E-state index is -5.83. The molecule has 78 valence electrons. The predicted octanol–water partition coefficient (Wildman–Crippen LogP) is 3.84. The normalized spacial score (nSPS) is 19.1. The van der Waals surface area contributed by atoms with Crippen LogP contribution in [0.4, 0.5) is 26.3 Å². The molecule has 0 amide bonds. The number of hydrogen-bond donors (Lipinski definition) is 0. The molecule has 8 heteroatoms. The second-order valence-electron chi connectivity index (χ2n) is 2.00. The molecule has 0 radical (unpaired) electrons. The highest BCUT2D eigenvalue weighted by Crippen LogP contribution is 2.48. The SMILES string of the molecule is FC(F)(F)C(F)(/C=C/Cl)C(F)(F)Cl. The maximum absolute atomic E-state index is 12.6. The summed E-state index contributed by atoms with van der Waals surface area (Å²) in [6.07, 6.45) is -6.38. The molecule has 0 N–H and O–H groups in total. The molecule has 1 atom stereocenters. The van der Waals surface area contributed by atoms with Gasteiger partial charge >= 0.3 is 17.2 Å². The average molecular weight is 247 g/mol. The molecule has 0 aromatic carbocycles. The maximum Gasteiger partial charge on any atom is 0.433 e. The van der Waals surface area contributed by atoms with E-state index in [1.54, 1.807) is 0 Å². The lowest BCUT2D eigenvalue weighted by atomic mass is 10.1. The van der Waals surface area contributed by atoms with E-state index in [0.29, 0.717) is 0 Å². The van der Waals surface area contributed by atoms with Crippen molar-refractivity contribution in [2.75, 3.05) is 0 Å². The van der Waals surface area contributed by atoms with Gasteiger partial charge in [-0.15, -0.1) is 0 Å². The lowest BCUT2D eigenvalue weighted by Gasteiger charge is -2.27. The number of allylic oxidation sites excluding steroid dienone is 1. The van der Waals surface area contributed by atoms with Gasteiger partial charge in [-0.25, -0.2) is 4.39 Å². The van der Waals surface area contributed by atoms with Crippen LogP contribution in [0, 0.1) is 0 Å². The maximum atomic E-state index is 12.6. The second-order valence-corrected chi connectivity index (χ2v) is 2.73. The summed E-state index contributed by atoms with van der Waals surface area (Å²) in [6, 6.07) is 0. The first-order valence-electron chi connectivity index (χ1n) is 2.66. The van der Waals surface area contributed by atoms with Crippen LogP contribution < -0.4 is 0 Å². The molecule has 0 aliphatic carbocycles. The number of hydrogen-bond acceptors (Lipinski definition) is 0. The first-order valence-corrected chi connectivity index (χ1v) is 3.48. The first-order chi connectivity index (χ1) is 5.56. The molecule has 0 heterocycles. The zero-order valence-electron chi connectivity index (χ0n) is 5.68. The van der Waals surface area contributed by atoms with Crippen molar-refractivity contribution in [2.24, 2.45) is 0 Å². The van der Waals surface area contributed by atoms with Crippen LogP contribution in [0.15, 0.2) is 11.6 Å². The molecule has 0 aromatic rings. The van der Waals surface area contributed by atoms with E-state index in [1.165, 1.54) is 0 Å². The summed E-state index contributed by atoms with van der Waals surface area (Å²) in [7, 11) is 0. The minimum absolute atomic E-state index is 0.0101. The summed E-state index contributed by atoms with van der Waals surface area (Å²) in [4.78, 5) is 0. The smallest absolute Gasteiger partial charge is 0.221 e. The molecular formula is C5H2Cl2F6. The Morgan fingerprint density at radius 2 is 1.31 bits per heavy atom. The minimum Gasteiger partial charge on any atom is -0.221 e. The molecule has 0 spiro atoms. The van der Waals surface area contributed by atoms with Gasteiger partial charge in [-0.05, 0) is 17.7 Å². The van der Waals surface area contributed by atoms with E-state index < -0.39 is 23.3 Å². The van der Waals surface area contributed by atoms with Gasteiger partial charge in [0.15, 0.2) is 0 Å². The highest BCUT2D eigenvalue weighted by atomic mass is 35.5. The third kappa shape index (κ3) is 2.43. The van der Waals surface area contributed by atoms with Crippen LogP contribution in [0.2, 0.25) is 0 Å². The molecular weight excluding hydrogens is 245 g/mol. The van der Waals surface area contributed by atoms with E-state index in [2.05, 4.69) is 23.2 Å². The summed E-state index contributed by atoms with van der Waals surface area (Å²) < 4.78 is 71.9. The van der Waals surface area contributed by atoms with Gasteiger partial charge in [0.1, 0.15) is 0 Å². The van der Waals surface area contributed by atoms with E-state index >= 15 is 0 Å². The van der Waals surface area contributed by atoms with Crippen LogP contribution in [0.1, 0.15) is 0 Å². The lowest BCUT2D eigenvalue weighted by molar-refractivity contribution is -0.258. The van der Waals surface area contributed by atoms with Crippen molar-refractivity contribution >= 4 is 23.2 Å². The van der Waals surface area contributed by atoms with E-state index in [1.807, 2.05) is 0 Å². The van der Waals surface area contributed by atoms with Crippen molar-refractivity contribution in [2.45, 2.75) is 17.2 Å². The van der Waals surface area contributed by atoms with E-state index in [0.717, 1.165) is 0 Å². The fraction of sp³-hybridized carbons (Fsp3) is 0.600. The Bertz CT molecular complexity index is 188. The van der Waals surface area contributed by atoms with Gasteiger partial charge in [0.05, 0.1) is 0 Å². The fourth-order valence-corrected chi connectivity index (χ4v) is 0.780. The zero-order valence-corrected chi connectivity index (χ0v) is 7.19. The molecule has 1 unspecified atom stereocenters. The van der Waals surface area contributed by atoms with Crippen molar-refractivity contribution in [1.29, 1.82) is 0 Å². The summed E-state index contributed by atoms with van der Waals surface area (Å²) in [5.41, 5.74) is -4.97. The van der Waals surface area contributed by atoms with Gasteiger partial charge < -0.3 is 0 Å². The van der Waals surface area contributed by atoms with Crippen molar-refractivity contribution < 1.29 is 26.3 Å². The van der Waals surface area contributed by atoms with Gasteiger partial charge in [-0.2, -0.15) is 22.0 Å². The van der Waals surface area contributed by atoms with Crippen molar-refractivity contribution in [3.05, 3.63) is 11.6 Å². The zero-order chi connectivity index (χ0) is 10.9. The quantitative estimate of drug-likeness (QED) is 0.513. The van der Waals surface area contributed by atoms with Crippen LogP contribution in [0.3, 0.4) is 0 Å². The third-order valence-corrected chi connectivity index (χ3v) is 1.52. The standard InChI is InChI=1S/C5H2Cl2F6/c6-2-1-3(8,4(7,9)10)5(11,12)13/h1-2H/b2-1+. The van der Waals surface area contributed by atoms with Crippen LogP contribution in [0.25, 0.3) is 0 Å². The predicted molar refractivity (Wildman–Crippen MR) is 35.7 cm³/mol. The summed E-state index contributed by atoms with van der Waals surface area (Å²) in [5, 5.41) is -5.10. The molecule has 0 saturated carbocycles. The molecule has 0 bridgehead atoms. The Labute approximate surface area is 79.1 Å². The number of rotatable bonds is 2. The van der Waals surface area contributed by atoms with Gasteiger partial charge in [0.25, 0.3) is 0 Å². The Balaban J connectivity index is 5.21. The molecule has 13 heavy (non-hydrogen) atoms. The Hall–Kier alpha value is -0.100. The topological polar surface area (TPSA) is 0 Å². The van der Waals surface area contributed by atoms with E-state index in [4.69, 9.17) is 0 Å². The summed E-state index contributed by atoms with van der Waals surface area (Å²) in [6.45, 7) is 0. The van der Waals surface area contributed by atoms with Crippen molar-refractivity contribution in [1.82, 2.24) is 0 Å². The molecule has 0 saturated heterocycles. The Morgan fingerprint density at radius 1 is 0.923 bits per heavy atom. The van der Waals surface area contributed by atoms with Crippen LogP contribution >= 0.6 is 23.2 Å². The number of halogens is 8. The monoisotopic (exact) mass is 246 g/mol. The molecule has 0 fully saturated rings. The molecule has 0 nitrogen and oxygen atoms in total. The van der Waals surface area contributed by atoms with Crippen LogP contribution in [0.5, 0.6) is 0 Å². The number of alkyl halides is 7. The van der Waals surface area contributed by atoms with Gasteiger partial charge in [-0.3, -0.25) is 0 Å². The average Bonchev–Trinajstić information content (AvgIpc) is 1.82. The largest absolute Gasteiger partial charge is 0.433 e. The van der Waals surface area contributed by atoms with Gasteiger partial charge in [0.2, 0.25) is 0 Å². The third-order valence-electron chi connectivity index (χ3n) is 1.12. The Kier molecular flexibility index (Phi) is 3.54. The highest BCUT2D eigenvalue weighted by Gasteiger charge is 2.69. The first kappa shape index (κ1) is 12.9. The summed E-state index contributed by atoms with van der Waals surface area (Å²) in [5.74, 6) is 0. The van der Waals surface area contributed by atoms with Crippen molar-refractivity contribution in [3.8, 4) is 0 Å². The molecule has 0 rings (SSSR count). The highest BCUT2D eigenvalue weighted by molar-refractivity contribution is 6.26. The van der Waals surface area contributed by atoms with E-state index in [-0.39, 0.29) is 5.54 Å². The lowest BCUT2D eigenvalue weighted by Crippen LogP contribution is -2.50. The van der Waals surface area contributed by atoms with Gasteiger partial charge in [0, 0.05) is 5.54 Å². The molecule has 0 aliphatic rings. The second kappa shape index (κ2) is 3.57. The van der Waals surface area contributed by atoms with Crippen LogP contribution in [-0.4, -0.2) is 17.2 Å². The Morgan fingerprint density at radius 3 is 1.38 bits per heavy atom. The van der Waals surface area contributed by atoms with Gasteiger partial charge in [-0.1, -0.05) is 11.6 Å². The van der Waals surface area contributed by atoms with Crippen LogP contribution in [-0.2, 0) is 0 Å². The summed E-state index contributed by atoms with van der Waals surface area (Å²) >= 11 is 8.55. The molecule has 0 aromatic heterocycles. The van der Waals surface area contributed by atoms with E-state index in [9.17, 15) is 26.3 Å².